The molecule has 8 heteroatoms. The zero-order valence-corrected chi connectivity index (χ0v) is 22.9. The molecule has 0 radical (unpaired) electrons. The molecule has 2 heterocycles. The molecule has 3 aromatic carbocycles. The maximum absolute atomic E-state index is 13.7. The molecule has 39 heavy (non-hydrogen) atoms. The number of ether oxygens (including phenoxy) is 1. The minimum absolute atomic E-state index is 0.0158. The highest BCUT2D eigenvalue weighted by molar-refractivity contribution is 8.16. The summed E-state index contributed by atoms with van der Waals surface area (Å²) in [6, 6.07) is 26.5. The van der Waals surface area contributed by atoms with Gasteiger partial charge in [0.2, 0.25) is 5.91 Å². The van der Waals surface area contributed by atoms with Crippen molar-refractivity contribution in [2.75, 3.05) is 19.5 Å². The van der Waals surface area contributed by atoms with Crippen molar-refractivity contribution < 1.29 is 14.3 Å². The lowest BCUT2D eigenvalue weighted by Crippen LogP contribution is -2.39. The molecule has 0 saturated carbocycles. The number of thioether (sulfide) groups is 1. The second kappa shape index (κ2) is 11.6. The fraction of sp³-hybridized carbons (Fsp3) is 0.194. The molecule has 0 aromatic heterocycles. The molecular formula is C31H30N4O3S. The number of anilines is 1. The molecule has 0 fully saturated rings. The minimum atomic E-state index is -0.482. The van der Waals surface area contributed by atoms with Crippen molar-refractivity contribution >= 4 is 34.4 Å². The number of hydrogen-bond donors (Lipinski definition) is 1. The molecule has 1 N–H and O–H groups in total. The number of hydrogen-bond acceptors (Lipinski definition) is 6. The Balaban J connectivity index is 1.47. The van der Waals surface area contributed by atoms with Gasteiger partial charge >= 0.3 is 0 Å². The highest BCUT2D eigenvalue weighted by Gasteiger charge is 2.40. The first kappa shape index (κ1) is 26.3. The fourth-order valence-electron chi connectivity index (χ4n) is 4.74. The number of nitrogens with zero attached hydrogens (tertiary/aromatic N) is 3. The molecule has 3 aromatic rings. The third-order valence-electron chi connectivity index (χ3n) is 6.71. The molecule has 0 bridgehead atoms. The van der Waals surface area contributed by atoms with Gasteiger partial charge in [-0.1, -0.05) is 72.4 Å². The van der Waals surface area contributed by atoms with Gasteiger partial charge in [-0.2, -0.15) is 0 Å². The van der Waals surface area contributed by atoms with Crippen LogP contribution in [-0.2, 0) is 16.1 Å². The number of amides is 2. The highest BCUT2D eigenvalue weighted by atomic mass is 32.2. The van der Waals surface area contributed by atoms with Crippen molar-refractivity contribution in [2.24, 2.45) is 4.99 Å². The van der Waals surface area contributed by atoms with Crippen LogP contribution in [-0.4, -0.2) is 40.9 Å². The average molecular weight is 539 g/mol. The summed E-state index contributed by atoms with van der Waals surface area (Å²) in [7, 11) is 3.43. The van der Waals surface area contributed by atoms with E-state index in [-0.39, 0.29) is 18.2 Å². The van der Waals surface area contributed by atoms with E-state index in [0.29, 0.717) is 29.3 Å². The summed E-state index contributed by atoms with van der Waals surface area (Å²) in [5.74, 6) is 0.434. The molecule has 0 unspecified atom stereocenters. The van der Waals surface area contributed by atoms with Crippen LogP contribution in [0, 0.1) is 0 Å². The van der Waals surface area contributed by atoms with E-state index in [1.807, 2.05) is 109 Å². The van der Waals surface area contributed by atoms with Gasteiger partial charge in [0.05, 0.1) is 30.8 Å². The number of methoxy groups -OCH3 is 1. The number of nitrogens with one attached hydrogen (secondary N) is 1. The Morgan fingerprint density at radius 3 is 2.46 bits per heavy atom. The normalized spacial score (nSPS) is 16.3. The Bertz CT molecular complexity index is 1470. The summed E-state index contributed by atoms with van der Waals surface area (Å²) in [5.41, 5.74) is 4.60. The van der Waals surface area contributed by atoms with E-state index in [2.05, 4.69) is 5.32 Å². The SMILES string of the molecule is COc1cccc([C@@H]2C(C(=O)Nc3ccccc3)=C(C)N=C3SC=C(CC(=O)N(C)Cc4ccccc4)N32)c1. The summed E-state index contributed by atoms with van der Waals surface area (Å²) in [4.78, 5) is 35.6. The molecule has 2 aliphatic heterocycles. The van der Waals surface area contributed by atoms with E-state index in [9.17, 15) is 9.59 Å². The minimum Gasteiger partial charge on any atom is -0.497 e. The molecule has 7 nitrogen and oxygen atoms in total. The number of rotatable bonds is 8. The molecular weight excluding hydrogens is 508 g/mol. The predicted molar refractivity (Wildman–Crippen MR) is 156 cm³/mol. The maximum atomic E-state index is 13.7. The van der Waals surface area contributed by atoms with Crippen LogP contribution in [0.2, 0.25) is 0 Å². The first-order valence-electron chi connectivity index (χ1n) is 12.7. The van der Waals surface area contributed by atoms with Crippen LogP contribution in [0.3, 0.4) is 0 Å². The van der Waals surface area contributed by atoms with E-state index >= 15 is 0 Å². The standard InChI is InChI=1S/C31H30N4O3S/c1-21-28(30(37)33-24-14-8-5-9-15-24)29(23-13-10-16-26(17-23)38-3)35-25(20-39-31(35)32-21)18-27(36)34(2)19-22-11-6-4-7-12-22/h4-17,20,29H,18-19H2,1-3H3,(H,33,37)/t29-/m1/s1. The molecule has 1 atom stereocenters. The van der Waals surface area contributed by atoms with Crippen molar-refractivity contribution in [1.82, 2.24) is 9.80 Å². The van der Waals surface area contributed by atoms with Gasteiger partial charge in [-0.25, -0.2) is 4.99 Å². The zero-order valence-electron chi connectivity index (χ0n) is 22.1. The predicted octanol–water partition coefficient (Wildman–Crippen LogP) is 5.96. The first-order valence-corrected chi connectivity index (χ1v) is 13.5. The number of carbonyl (C=O) groups excluding carboxylic acids is 2. The van der Waals surface area contributed by atoms with Crippen molar-refractivity contribution in [3.8, 4) is 5.75 Å². The Labute approximate surface area is 232 Å². The van der Waals surface area contributed by atoms with Gasteiger partial charge in [0.1, 0.15) is 5.75 Å². The van der Waals surface area contributed by atoms with Gasteiger partial charge in [-0.3, -0.25) is 9.59 Å². The second-order valence-corrected chi connectivity index (χ2v) is 10.2. The number of allylic oxidation sites excluding steroid dienone is 1. The van der Waals surface area contributed by atoms with Crippen LogP contribution in [0.25, 0.3) is 0 Å². The van der Waals surface area contributed by atoms with Crippen LogP contribution >= 0.6 is 11.8 Å². The van der Waals surface area contributed by atoms with E-state index < -0.39 is 6.04 Å². The summed E-state index contributed by atoms with van der Waals surface area (Å²) in [6.07, 6.45) is 0.183. The van der Waals surface area contributed by atoms with E-state index in [1.54, 1.807) is 12.0 Å². The molecule has 5 rings (SSSR count). The third-order valence-corrected chi connectivity index (χ3v) is 7.60. The molecule has 2 amide bonds. The molecule has 198 valence electrons. The quantitative estimate of drug-likeness (QED) is 0.383. The topological polar surface area (TPSA) is 74.2 Å². The Morgan fingerprint density at radius 2 is 1.74 bits per heavy atom. The number of para-hydroxylation sites is 1. The highest BCUT2D eigenvalue weighted by Crippen LogP contribution is 2.45. The molecule has 0 aliphatic carbocycles. The Hall–Kier alpha value is -4.30. The third kappa shape index (κ3) is 5.76. The van der Waals surface area contributed by atoms with Crippen LogP contribution in [0.15, 0.2) is 112 Å². The fourth-order valence-corrected chi connectivity index (χ4v) is 5.71. The number of amidine groups is 1. The molecule has 0 spiro atoms. The Kier molecular flexibility index (Phi) is 7.84. The number of carbonyl (C=O) groups is 2. The Morgan fingerprint density at radius 1 is 1.03 bits per heavy atom. The van der Waals surface area contributed by atoms with E-state index in [4.69, 9.17) is 9.73 Å². The monoisotopic (exact) mass is 538 g/mol. The van der Waals surface area contributed by atoms with Gasteiger partial charge in [0.15, 0.2) is 5.17 Å². The van der Waals surface area contributed by atoms with Crippen molar-refractivity contribution in [1.29, 1.82) is 0 Å². The number of fused-ring (bicyclic) bond motifs is 1. The van der Waals surface area contributed by atoms with Crippen LogP contribution in [0.1, 0.15) is 30.5 Å². The summed E-state index contributed by atoms with van der Waals surface area (Å²) in [6.45, 7) is 2.37. The van der Waals surface area contributed by atoms with E-state index in [1.165, 1.54) is 11.8 Å². The summed E-state index contributed by atoms with van der Waals surface area (Å²) < 4.78 is 5.51. The lowest BCUT2D eigenvalue weighted by atomic mass is 9.93. The first-order chi connectivity index (χ1) is 18.9. The van der Waals surface area contributed by atoms with Gasteiger partial charge in [-0.05, 0) is 47.7 Å². The average Bonchev–Trinajstić information content (AvgIpc) is 3.34. The van der Waals surface area contributed by atoms with Crippen LogP contribution in [0.5, 0.6) is 5.75 Å². The largest absolute Gasteiger partial charge is 0.497 e. The van der Waals surface area contributed by atoms with Crippen LogP contribution in [0.4, 0.5) is 5.69 Å². The summed E-state index contributed by atoms with van der Waals surface area (Å²) >= 11 is 1.47. The van der Waals surface area contributed by atoms with Crippen LogP contribution < -0.4 is 10.1 Å². The number of aliphatic imine (C=N–C) groups is 1. The smallest absolute Gasteiger partial charge is 0.255 e. The lowest BCUT2D eigenvalue weighted by molar-refractivity contribution is -0.129. The maximum Gasteiger partial charge on any atom is 0.255 e. The van der Waals surface area contributed by atoms with Gasteiger partial charge in [0.25, 0.3) is 5.91 Å². The summed E-state index contributed by atoms with van der Waals surface area (Å²) in [5, 5.41) is 5.73. The van der Waals surface area contributed by atoms with Crippen molar-refractivity contribution in [3.63, 3.8) is 0 Å². The molecule has 0 saturated heterocycles. The zero-order chi connectivity index (χ0) is 27.4. The molecule has 2 aliphatic rings. The second-order valence-electron chi connectivity index (χ2n) is 9.40. The lowest BCUT2D eigenvalue weighted by Gasteiger charge is -2.37. The van der Waals surface area contributed by atoms with Gasteiger partial charge in [-0.15, -0.1) is 0 Å². The van der Waals surface area contributed by atoms with E-state index in [0.717, 1.165) is 22.0 Å². The van der Waals surface area contributed by atoms with Crippen molar-refractivity contribution in [2.45, 2.75) is 25.9 Å². The van der Waals surface area contributed by atoms with Gasteiger partial charge in [0, 0.05) is 25.0 Å². The van der Waals surface area contributed by atoms with Gasteiger partial charge < -0.3 is 19.9 Å². The van der Waals surface area contributed by atoms with Crippen molar-refractivity contribution in [3.05, 3.63) is 118 Å². The number of benzene rings is 3.